The van der Waals surface area contributed by atoms with E-state index in [9.17, 15) is 15.0 Å². The van der Waals surface area contributed by atoms with Crippen molar-refractivity contribution in [2.24, 2.45) is 0 Å². The fourth-order valence-corrected chi connectivity index (χ4v) is 1.51. The van der Waals surface area contributed by atoms with Crippen molar-refractivity contribution < 1.29 is 19.7 Å². The zero-order chi connectivity index (χ0) is 11.7. The monoisotopic (exact) mass is 221 g/mol. The van der Waals surface area contributed by atoms with Gasteiger partial charge in [-0.25, -0.2) is 0 Å². The van der Waals surface area contributed by atoms with E-state index >= 15 is 0 Å². The molecule has 0 radical (unpaired) electrons. The Hall–Kier alpha value is -2.17. The first-order chi connectivity index (χ1) is 7.63. The molecule has 1 heterocycles. The molecule has 0 spiro atoms. The molecule has 0 unspecified atom stereocenters. The lowest BCUT2D eigenvalue weighted by molar-refractivity contribution is -0.117. The van der Waals surface area contributed by atoms with E-state index in [1.165, 1.54) is 13.1 Å². The summed E-state index contributed by atoms with van der Waals surface area (Å²) in [5.41, 5.74) is 1.04. The van der Waals surface area contributed by atoms with Crippen LogP contribution in [0.15, 0.2) is 17.7 Å². The van der Waals surface area contributed by atoms with Gasteiger partial charge in [-0.2, -0.15) is 0 Å². The van der Waals surface area contributed by atoms with Gasteiger partial charge in [0, 0.05) is 12.6 Å². The number of fused-ring (bicyclic) bond motifs is 1. The van der Waals surface area contributed by atoms with Crippen LogP contribution in [0.5, 0.6) is 17.2 Å². The molecule has 0 atom stereocenters. The molecule has 1 aliphatic heterocycles. The molecule has 1 aromatic rings. The van der Waals surface area contributed by atoms with Crippen LogP contribution in [0.1, 0.15) is 5.56 Å². The summed E-state index contributed by atoms with van der Waals surface area (Å²) in [6.07, 6.45) is 1.62. The first kappa shape index (κ1) is 10.4. The second-order valence-electron chi connectivity index (χ2n) is 3.39. The third-order valence-electron chi connectivity index (χ3n) is 2.36. The summed E-state index contributed by atoms with van der Waals surface area (Å²) >= 11 is 0. The molecular formula is C11H11NO4. The minimum Gasteiger partial charge on any atom is -0.504 e. The fraction of sp³-hybridized carbons (Fsp3) is 0.182. The van der Waals surface area contributed by atoms with Gasteiger partial charge in [0.15, 0.2) is 11.5 Å². The van der Waals surface area contributed by atoms with Crippen LogP contribution >= 0.6 is 0 Å². The summed E-state index contributed by atoms with van der Waals surface area (Å²) in [6, 6.07) is 2.92. The van der Waals surface area contributed by atoms with Gasteiger partial charge in [0.05, 0.1) is 5.57 Å². The molecule has 1 aliphatic rings. The number of aromatic hydroxyl groups is 2. The summed E-state index contributed by atoms with van der Waals surface area (Å²) in [5, 5.41) is 21.3. The molecule has 0 aromatic heterocycles. The van der Waals surface area contributed by atoms with E-state index in [1.807, 2.05) is 0 Å². The number of ether oxygens (including phenoxy) is 1. The maximum Gasteiger partial charge on any atom is 0.250 e. The predicted octanol–water partition coefficient (Wildman–Crippen LogP) is 0.620. The van der Waals surface area contributed by atoms with E-state index in [2.05, 4.69) is 5.32 Å². The number of amides is 1. The van der Waals surface area contributed by atoms with Crippen molar-refractivity contribution in [1.29, 1.82) is 0 Å². The Kier molecular flexibility index (Phi) is 2.44. The molecule has 5 heteroatoms. The molecule has 16 heavy (non-hydrogen) atoms. The highest BCUT2D eigenvalue weighted by atomic mass is 16.5. The first-order valence-electron chi connectivity index (χ1n) is 4.74. The molecule has 2 rings (SSSR count). The maximum absolute atomic E-state index is 11.4. The summed E-state index contributed by atoms with van der Waals surface area (Å²) in [7, 11) is 1.53. The molecule has 0 bridgehead atoms. The van der Waals surface area contributed by atoms with Crippen molar-refractivity contribution >= 4 is 12.0 Å². The van der Waals surface area contributed by atoms with Gasteiger partial charge in [-0.15, -0.1) is 0 Å². The van der Waals surface area contributed by atoms with E-state index in [-0.39, 0.29) is 29.8 Å². The molecule has 1 aromatic carbocycles. The number of carbonyl (C=O) groups is 1. The molecular weight excluding hydrogens is 210 g/mol. The first-order valence-corrected chi connectivity index (χ1v) is 4.74. The summed E-state index contributed by atoms with van der Waals surface area (Å²) in [4.78, 5) is 11.4. The predicted molar refractivity (Wildman–Crippen MR) is 57.3 cm³/mol. The van der Waals surface area contributed by atoms with Crippen molar-refractivity contribution in [1.82, 2.24) is 5.32 Å². The van der Waals surface area contributed by atoms with Gasteiger partial charge in [-0.1, -0.05) is 0 Å². The number of phenols is 2. The molecule has 0 fully saturated rings. The molecule has 84 valence electrons. The van der Waals surface area contributed by atoms with E-state index < -0.39 is 0 Å². The normalized spacial score (nSPS) is 13.4. The number of carbonyl (C=O) groups excluding carboxylic acids is 1. The van der Waals surface area contributed by atoms with E-state index in [0.29, 0.717) is 11.1 Å². The number of hydrogen-bond acceptors (Lipinski definition) is 4. The van der Waals surface area contributed by atoms with Crippen molar-refractivity contribution in [3.05, 3.63) is 23.3 Å². The van der Waals surface area contributed by atoms with Crippen LogP contribution in [0, 0.1) is 0 Å². The van der Waals surface area contributed by atoms with Gasteiger partial charge in [0.25, 0.3) is 0 Å². The Morgan fingerprint density at radius 3 is 2.88 bits per heavy atom. The number of hydrogen-bond donors (Lipinski definition) is 3. The number of benzene rings is 1. The maximum atomic E-state index is 11.4. The van der Waals surface area contributed by atoms with Gasteiger partial charge in [-0.3, -0.25) is 4.79 Å². The molecule has 5 nitrogen and oxygen atoms in total. The number of nitrogens with one attached hydrogen (secondary N) is 1. The van der Waals surface area contributed by atoms with E-state index in [0.717, 1.165) is 0 Å². The summed E-state index contributed by atoms with van der Waals surface area (Å²) < 4.78 is 5.23. The van der Waals surface area contributed by atoms with Crippen molar-refractivity contribution in [3.8, 4) is 17.2 Å². The quantitative estimate of drug-likeness (QED) is 0.607. The second kappa shape index (κ2) is 3.77. The van der Waals surface area contributed by atoms with Crippen LogP contribution in [-0.4, -0.2) is 29.8 Å². The zero-order valence-corrected chi connectivity index (χ0v) is 8.65. The smallest absolute Gasteiger partial charge is 0.250 e. The number of phenolic OH excluding ortho intramolecular Hbond substituents is 2. The minimum absolute atomic E-state index is 0.0731. The van der Waals surface area contributed by atoms with Crippen molar-refractivity contribution in [2.45, 2.75) is 0 Å². The van der Waals surface area contributed by atoms with Gasteiger partial charge in [-0.05, 0) is 18.2 Å². The highest BCUT2D eigenvalue weighted by Gasteiger charge is 2.20. The SMILES string of the molecule is CNC(=O)C1=Cc2ccc(O)c(O)c2OC1. The highest BCUT2D eigenvalue weighted by molar-refractivity contribution is 5.99. The van der Waals surface area contributed by atoms with Crippen LogP contribution < -0.4 is 10.1 Å². The van der Waals surface area contributed by atoms with Crippen LogP contribution in [0.25, 0.3) is 6.08 Å². The van der Waals surface area contributed by atoms with E-state index in [4.69, 9.17) is 4.74 Å². The minimum atomic E-state index is -0.301. The van der Waals surface area contributed by atoms with Crippen LogP contribution in [0.4, 0.5) is 0 Å². The lowest BCUT2D eigenvalue weighted by Gasteiger charge is -2.18. The Bertz CT molecular complexity index is 479. The van der Waals surface area contributed by atoms with Gasteiger partial charge in [0.1, 0.15) is 6.61 Å². The number of likely N-dealkylation sites (N-methyl/N-ethyl adjacent to an activating group) is 1. The van der Waals surface area contributed by atoms with Gasteiger partial charge >= 0.3 is 0 Å². The average Bonchev–Trinajstić information content (AvgIpc) is 2.32. The molecule has 3 N–H and O–H groups in total. The van der Waals surface area contributed by atoms with Gasteiger partial charge in [0.2, 0.25) is 11.7 Å². The largest absolute Gasteiger partial charge is 0.504 e. The zero-order valence-electron chi connectivity index (χ0n) is 8.65. The summed E-state index contributed by atoms with van der Waals surface area (Å²) in [6.45, 7) is 0.0731. The van der Waals surface area contributed by atoms with Crippen molar-refractivity contribution in [2.75, 3.05) is 13.7 Å². The van der Waals surface area contributed by atoms with Crippen LogP contribution in [0.3, 0.4) is 0 Å². The lowest BCUT2D eigenvalue weighted by atomic mass is 10.1. The third kappa shape index (κ3) is 1.56. The van der Waals surface area contributed by atoms with Crippen molar-refractivity contribution in [3.63, 3.8) is 0 Å². The highest BCUT2D eigenvalue weighted by Crippen LogP contribution is 2.41. The lowest BCUT2D eigenvalue weighted by Crippen LogP contribution is -2.25. The Morgan fingerprint density at radius 1 is 1.44 bits per heavy atom. The second-order valence-corrected chi connectivity index (χ2v) is 3.39. The summed E-state index contributed by atoms with van der Waals surface area (Å²) in [5.74, 6) is -0.564. The number of rotatable bonds is 1. The fourth-order valence-electron chi connectivity index (χ4n) is 1.51. The van der Waals surface area contributed by atoms with E-state index in [1.54, 1.807) is 12.1 Å². The van der Waals surface area contributed by atoms with Crippen LogP contribution in [-0.2, 0) is 4.79 Å². The Balaban J connectivity index is 2.46. The van der Waals surface area contributed by atoms with Gasteiger partial charge < -0.3 is 20.3 Å². The molecule has 0 aliphatic carbocycles. The molecule has 1 amide bonds. The standard InChI is InChI=1S/C11H11NO4/c1-12-11(15)7-4-6-2-3-8(13)9(14)10(6)16-5-7/h2-4,13-14H,5H2,1H3,(H,12,15). The topological polar surface area (TPSA) is 78.8 Å². The molecule has 0 saturated carbocycles. The van der Waals surface area contributed by atoms with Crippen LogP contribution in [0.2, 0.25) is 0 Å². The Labute approximate surface area is 92.0 Å². The Morgan fingerprint density at radius 2 is 2.19 bits per heavy atom. The molecule has 0 saturated heterocycles. The third-order valence-corrected chi connectivity index (χ3v) is 2.36. The average molecular weight is 221 g/mol.